The maximum absolute atomic E-state index is 13.5. The lowest BCUT2D eigenvalue weighted by Gasteiger charge is -2.36. The lowest BCUT2D eigenvalue weighted by Crippen LogP contribution is -2.44. The number of esters is 1. The van der Waals surface area contributed by atoms with Gasteiger partial charge in [0.25, 0.3) is 0 Å². The van der Waals surface area contributed by atoms with E-state index in [0.29, 0.717) is 18.4 Å². The first-order valence-corrected chi connectivity index (χ1v) is 8.39. The molecule has 1 heterocycles. The minimum atomic E-state index is -1.05. The predicted molar refractivity (Wildman–Crippen MR) is 91.6 cm³/mol. The van der Waals surface area contributed by atoms with Crippen LogP contribution in [-0.4, -0.2) is 34.7 Å². The number of ether oxygens (including phenoxy) is 1. The van der Waals surface area contributed by atoms with Crippen molar-refractivity contribution in [2.24, 2.45) is 5.41 Å². The summed E-state index contributed by atoms with van der Waals surface area (Å²) in [4.78, 5) is 24.8. The van der Waals surface area contributed by atoms with Gasteiger partial charge in [-0.25, -0.2) is 14.0 Å². The van der Waals surface area contributed by atoms with Crippen LogP contribution in [0.4, 0.5) is 9.18 Å². The highest BCUT2D eigenvalue weighted by molar-refractivity contribution is 5.82. The number of amides is 1. The van der Waals surface area contributed by atoms with Crippen molar-refractivity contribution in [3.8, 4) is 0 Å². The number of likely N-dealkylation sites (tertiary alicyclic amines) is 1. The zero-order valence-electron chi connectivity index (χ0n) is 14.7. The third-order valence-corrected chi connectivity index (χ3v) is 4.63. The average Bonchev–Trinajstić information content (AvgIpc) is 2.99. The number of halogens is 1. The molecule has 136 valence electrons. The minimum Gasteiger partial charge on any atom is -0.465 e. The minimum absolute atomic E-state index is 0.288. The van der Waals surface area contributed by atoms with E-state index < -0.39 is 23.5 Å². The van der Waals surface area contributed by atoms with Gasteiger partial charge in [0.1, 0.15) is 5.82 Å². The van der Waals surface area contributed by atoms with E-state index in [2.05, 4.69) is 0 Å². The van der Waals surface area contributed by atoms with Gasteiger partial charge in [0.2, 0.25) is 0 Å². The van der Waals surface area contributed by atoms with Crippen LogP contribution < -0.4 is 0 Å². The molecule has 1 amide bonds. The Balaban J connectivity index is 2.26. The fourth-order valence-corrected chi connectivity index (χ4v) is 3.43. The molecule has 1 aliphatic heterocycles. The number of hydrogen-bond donors (Lipinski definition) is 1. The molecule has 25 heavy (non-hydrogen) atoms. The first-order chi connectivity index (χ1) is 11.8. The maximum atomic E-state index is 13.5. The number of carboxylic acid groups (broad SMARTS) is 1. The first kappa shape index (κ1) is 19.0. The molecule has 1 aliphatic rings. The second kappa shape index (κ2) is 7.68. The van der Waals surface area contributed by atoms with Crippen molar-refractivity contribution in [1.29, 1.82) is 0 Å². The van der Waals surface area contributed by atoms with Gasteiger partial charge >= 0.3 is 12.1 Å². The molecule has 0 bridgehead atoms. The standard InChI is InChI=1S/C19H24FNO4/c1-4-25-17(22)10-11-19(2,3)16-9-8-15(21(16)18(23)24)13-6-5-7-14(20)12-13/h5-7,10-12,15-16H,4,8-9H2,1-3H3,(H,23,24)/b11-10+/t15-,16+/m0/s1. The molecule has 2 atom stereocenters. The summed E-state index contributed by atoms with van der Waals surface area (Å²) in [5.74, 6) is -0.829. The summed E-state index contributed by atoms with van der Waals surface area (Å²) in [6.07, 6.45) is 3.23. The van der Waals surface area contributed by atoms with Gasteiger partial charge in [-0.3, -0.25) is 4.90 Å². The zero-order chi connectivity index (χ0) is 18.6. The highest BCUT2D eigenvalue weighted by atomic mass is 19.1. The van der Waals surface area contributed by atoms with E-state index >= 15 is 0 Å². The van der Waals surface area contributed by atoms with Gasteiger partial charge in [-0.1, -0.05) is 32.1 Å². The van der Waals surface area contributed by atoms with Crippen molar-refractivity contribution < 1.29 is 23.8 Å². The van der Waals surface area contributed by atoms with Crippen LogP contribution in [0.3, 0.4) is 0 Å². The van der Waals surface area contributed by atoms with Crippen molar-refractivity contribution in [3.63, 3.8) is 0 Å². The van der Waals surface area contributed by atoms with E-state index in [1.165, 1.54) is 23.1 Å². The summed E-state index contributed by atoms with van der Waals surface area (Å²) in [5, 5.41) is 9.73. The van der Waals surface area contributed by atoms with Crippen molar-refractivity contribution in [1.82, 2.24) is 4.90 Å². The molecule has 1 aromatic rings. The van der Waals surface area contributed by atoms with E-state index in [-0.39, 0.29) is 18.5 Å². The molecule has 1 aromatic carbocycles. The molecule has 0 aliphatic carbocycles. The summed E-state index contributed by atoms with van der Waals surface area (Å²) < 4.78 is 18.4. The van der Waals surface area contributed by atoms with Gasteiger partial charge in [0, 0.05) is 17.5 Å². The molecule has 1 fully saturated rings. The Labute approximate surface area is 147 Å². The van der Waals surface area contributed by atoms with Crippen LogP contribution in [0, 0.1) is 11.2 Å². The molecule has 5 nitrogen and oxygen atoms in total. The predicted octanol–water partition coefficient (Wildman–Crippen LogP) is 4.15. The van der Waals surface area contributed by atoms with Crippen LogP contribution in [0.15, 0.2) is 36.4 Å². The fraction of sp³-hybridized carbons (Fsp3) is 0.474. The molecule has 0 spiro atoms. The van der Waals surface area contributed by atoms with Crippen molar-refractivity contribution in [2.75, 3.05) is 6.61 Å². The fourth-order valence-electron chi connectivity index (χ4n) is 3.43. The Morgan fingerprint density at radius 2 is 2.12 bits per heavy atom. The van der Waals surface area contributed by atoms with Crippen LogP contribution in [0.5, 0.6) is 0 Å². The molecule has 2 rings (SSSR count). The number of benzene rings is 1. The largest absolute Gasteiger partial charge is 0.465 e. The highest BCUT2D eigenvalue weighted by Crippen LogP contribution is 2.43. The zero-order valence-corrected chi connectivity index (χ0v) is 14.7. The van der Waals surface area contributed by atoms with Crippen LogP contribution in [0.1, 0.15) is 45.2 Å². The maximum Gasteiger partial charge on any atom is 0.408 e. The monoisotopic (exact) mass is 349 g/mol. The Morgan fingerprint density at radius 3 is 2.72 bits per heavy atom. The van der Waals surface area contributed by atoms with Gasteiger partial charge in [-0.05, 0) is 37.5 Å². The quantitative estimate of drug-likeness (QED) is 0.640. The second-order valence-electron chi connectivity index (χ2n) is 6.76. The van der Waals surface area contributed by atoms with E-state index in [1.807, 2.05) is 13.8 Å². The van der Waals surface area contributed by atoms with E-state index in [1.54, 1.807) is 25.1 Å². The summed E-state index contributed by atoms with van der Waals surface area (Å²) >= 11 is 0. The third-order valence-electron chi connectivity index (χ3n) is 4.63. The van der Waals surface area contributed by atoms with E-state index in [0.717, 1.165) is 0 Å². The van der Waals surface area contributed by atoms with Gasteiger partial charge in [-0.15, -0.1) is 0 Å². The van der Waals surface area contributed by atoms with Crippen molar-refractivity contribution in [3.05, 3.63) is 47.8 Å². The molecule has 0 unspecified atom stereocenters. The van der Waals surface area contributed by atoms with E-state index in [4.69, 9.17) is 4.74 Å². The Kier molecular flexibility index (Phi) is 5.82. The van der Waals surface area contributed by atoms with Gasteiger partial charge < -0.3 is 9.84 Å². The number of hydrogen-bond acceptors (Lipinski definition) is 3. The molecular weight excluding hydrogens is 325 g/mol. The SMILES string of the molecule is CCOC(=O)/C=C/C(C)(C)[C@H]1CC[C@@H](c2cccc(F)c2)N1C(=O)O. The first-order valence-electron chi connectivity index (χ1n) is 8.39. The van der Waals surface area contributed by atoms with Crippen molar-refractivity contribution >= 4 is 12.1 Å². The number of nitrogens with zero attached hydrogens (tertiary/aromatic N) is 1. The summed E-state index contributed by atoms with van der Waals surface area (Å²) in [5.41, 5.74) is 0.0859. The normalized spacial score (nSPS) is 20.9. The number of carbonyl (C=O) groups excluding carboxylic acids is 1. The smallest absolute Gasteiger partial charge is 0.408 e. The summed E-state index contributed by atoms with van der Waals surface area (Å²) in [7, 11) is 0. The molecule has 6 heteroatoms. The number of carbonyl (C=O) groups is 2. The van der Waals surface area contributed by atoms with Crippen LogP contribution in [0.25, 0.3) is 0 Å². The topological polar surface area (TPSA) is 66.8 Å². The molecule has 0 aromatic heterocycles. The Hall–Kier alpha value is -2.37. The molecule has 1 saturated heterocycles. The van der Waals surface area contributed by atoms with Gasteiger partial charge in [-0.2, -0.15) is 0 Å². The van der Waals surface area contributed by atoms with Gasteiger partial charge in [0.15, 0.2) is 0 Å². The molecule has 0 radical (unpaired) electrons. The van der Waals surface area contributed by atoms with Crippen molar-refractivity contribution in [2.45, 2.75) is 45.7 Å². The van der Waals surface area contributed by atoms with Crippen LogP contribution in [-0.2, 0) is 9.53 Å². The van der Waals surface area contributed by atoms with E-state index in [9.17, 15) is 19.1 Å². The number of rotatable bonds is 5. The molecule has 0 saturated carbocycles. The average molecular weight is 349 g/mol. The molecule has 1 N–H and O–H groups in total. The van der Waals surface area contributed by atoms with Crippen LogP contribution in [0.2, 0.25) is 0 Å². The second-order valence-corrected chi connectivity index (χ2v) is 6.76. The summed E-state index contributed by atoms with van der Waals surface area (Å²) in [6.45, 7) is 5.79. The van der Waals surface area contributed by atoms with Crippen LogP contribution >= 0.6 is 0 Å². The summed E-state index contributed by atoms with van der Waals surface area (Å²) in [6, 6.07) is 5.34. The lowest BCUT2D eigenvalue weighted by atomic mass is 9.82. The van der Waals surface area contributed by atoms with Gasteiger partial charge in [0.05, 0.1) is 12.6 Å². The third kappa shape index (κ3) is 4.38. The highest BCUT2D eigenvalue weighted by Gasteiger charge is 2.44. The Morgan fingerprint density at radius 1 is 1.40 bits per heavy atom. The lowest BCUT2D eigenvalue weighted by molar-refractivity contribution is -0.137. The Bertz CT molecular complexity index is 671. The molecular formula is C19H24FNO4.